The summed E-state index contributed by atoms with van der Waals surface area (Å²) in [7, 11) is 0. The number of anilines is 1. The first-order chi connectivity index (χ1) is 13.3. The molecule has 7 nitrogen and oxygen atoms in total. The van der Waals surface area contributed by atoms with Crippen molar-refractivity contribution < 1.29 is 23.5 Å². The fourth-order valence-corrected chi connectivity index (χ4v) is 3.01. The molecule has 146 valence electrons. The summed E-state index contributed by atoms with van der Waals surface area (Å²) in [6.45, 7) is 1.80. The van der Waals surface area contributed by atoms with Crippen LogP contribution in [0, 0.1) is 5.82 Å². The number of cyclic esters (lactones) is 1. The van der Waals surface area contributed by atoms with Gasteiger partial charge in [-0.05, 0) is 29.3 Å². The van der Waals surface area contributed by atoms with Crippen molar-refractivity contribution >= 4 is 23.6 Å². The molecule has 1 atom stereocenters. The molecule has 0 unspecified atom stereocenters. The van der Waals surface area contributed by atoms with E-state index in [-0.39, 0.29) is 25.4 Å². The highest BCUT2D eigenvalue weighted by Crippen LogP contribution is 2.29. The van der Waals surface area contributed by atoms with Gasteiger partial charge in [-0.3, -0.25) is 14.5 Å². The Morgan fingerprint density at radius 2 is 1.96 bits per heavy atom. The first-order valence-electron chi connectivity index (χ1n) is 8.73. The van der Waals surface area contributed by atoms with Crippen LogP contribution in [0.1, 0.15) is 12.5 Å². The number of primary amides is 1. The van der Waals surface area contributed by atoms with Crippen LogP contribution in [0.25, 0.3) is 11.1 Å². The predicted molar refractivity (Wildman–Crippen MR) is 101 cm³/mol. The molecule has 28 heavy (non-hydrogen) atoms. The number of ether oxygens (including phenoxy) is 1. The molecule has 1 aliphatic rings. The van der Waals surface area contributed by atoms with Crippen molar-refractivity contribution in [3.8, 4) is 11.1 Å². The summed E-state index contributed by atoms with van der Waals surface area (Å²) in [6, 6.07) is 11.4. The fourth-order valence-electron chi connectivity index (χ4n) is 3.01. The van der Waals surface area contributed by atoms with Gasteiger partial charge in [0.25, 0.3) is 0 Å². The van der Waals surface area contributed by atoms with E-state index in [2.05, 4.69) is 5.32 Å². The molecule has 0 aliphatic carbocycles. The average molecular weight is 385 g/mol. The van der Waals surface area contributed by atoms with Gasteiger partial charge in [0.1, 0.15) is 11.9 Å². The molecule has 0 radical (unpaired) electrons. The number of hydrogen-bond donors (Lipinski definition) is 2. The van der Waals surface area contributed by atoms with E-state index >= 15 is 0 Å². The van der Waals surface area contributed by atoms with Gasteiger partial charge in [0.15, 0.2) is 0 Å². The third kappa shape index (κ3) is 4.46. The molecule has 0 bridgehead atoms. The van der Waals surface area contributed by atoms with Gasteiger partial charge in [-0.1, -0.05) is 24.3 Å². The number of rotatable bonds is 6. The molecular weight excluding hydrogens is 365 g/mol. The Balaban J connectivity index is 1.74. The normalized spacial score (nSPS) is 16.0. The van der Waals surface area contributed by atoms with Gasteiger partial charge < -0.3 is 15.8 Å². The second kappa shape index (κ2) is 8.08. The standard InChI is InChI=1S/C20H20FN3O4/c1-12(25)23-10-16-11-24(20(27)28-16)15-6-7-17(18(21)9-15)14-4-2-13(3-5-14)8-19(22)26/h2-7,9,16H,8,10-11H2,1H3,(H2,22,26)(H,23,25)/t16-/m0/s1. The van der Waals surface area contributed by atoms with Crippen molar-refractivity contribution in [3.63, 3.8) is 0 Å². The molecular formula is C20H20FN3O4. The van der Waals surface area contributed by atoms with Crippen LogP contribution in [0.15, 0.2) is 42.5 Å². The number of benzene rings is 2. The molecule has 2 aromatic carbocycles. The van der Waals surface area contributed by atoms with Crippen LogP contribution in [-0.2, 0) is 20.7 Å². The van der Waals surface area contributed by atoms with Gasteiger partial charge in [0.2, 0.25) is 11.8 Å². The Morgan fingerprint density at radius 1 is 1.25 bits per heavy atom. The molecule has 1 fully saturated rings. The monoisotopic (exact) mass is 385 g/mol. The lowest BCUT2D eigenvalue weighted by Gasteiger charge is -2.14. The van der Waals surface area contributed by atoms with Gasteiger partial charge in [-0.25, -0.2) is 9.18 Å². The van der Waals surface area contributed by atoms with E-state index in [1.165, 1.54) is 17.9 Å². The van der Waals surface area contributed by atoms with Crippen molar-refractivity contribution in [2.75, 3.05) is 18.0 Å². The molecule has 1 aliphatic heterocycles. The summed E-state index contributed by atoms with van der Waals surface area (Å²) in [4.78, 5) is 35.3. The minimum Gasteiger partial charge on any atom is -0.442 e. The highest BCUT2D eigenvalue weighted by Gasteiger charge is 2.32. The van der Waals surface area contributed by atoms with E-state index < -0.39 is 23.9 Å². The molecule has 0 saturated carbocycles. The number of nitrogens with one attached hydrogen (secondary N) is 1. The van der Waals surface area contributed by atoms with Crippen LogP contribution in [0.3, 0.4) is 0 Å². The minimum atomic E-state index is -0.585. The highest BCUT2D eigenvalue weighted by atomic mass is 19.1. The second-order valence-electron chi connectivity index (χ2n) is 6.56. The zero-order chi connectivity index (χ0) is 20.3. The Labute approximate surface area is 161 Å². The highest BCUT2D eigenvalue weighted by molar-refractivity contribution is 5.90. The molecule has 1 saturated heterocycles. The number of nitrogens with two attached hydrogens (primary N) is 1. The molecule has 3 amide bonds. The van der Waals surface area contributed by atoms with Crippen LogP contribution in [-0.4, -0.2) is 37.1 Å². The Kier molecular flexibility index (Phi) is 5.58. The Hall–Kier alpha value is -3.42. The third-order valence-corrected chi connectivity index (χ3v) is 4.36. The van der Waals surface area contributed by atoms with E-state index in [1.54, 1.807) is 36.4 Å². The summed E-state index contributed by atoms with van der Waals surface area (Å²) < 4.78 is 19.9. The molecule has 1 heterocycles. The van der Waals surface area contributed by atoms with E-state index in [0.29, 0.717) is 16.8 Å². The van der Waals surface area contributed by atoms with Crippen LogP contribution >= 0.6 is 0 Å². The van der Waals surface area contributed by atoms with Gasteiger partial charge in [-0.2, -0.15) is 0 Å². The Morgan fingerprint density at radius 3 is 2.57 bits per heavy atom. The smallest absolute Gasteiger partial charge is 0.414 e. The maximum atomic E-state index is 14.7. The molecule has 3 N–H and O–H groups in total. The minimum absolute atomic E-state index is 0.123. The zero-order valence-electron chi connectivity index (χ0n) is 15.3. The van der Waals surface area contributed by atoms with Crippen LogP contribution in [0.5, 0.6) is 0 Å². The van der Waals surface area contributed by atoms with Crippen molar-refractivity contribution in [1.29, 1.82) is 0 Å². The number of hydrogen-bond acceptors (Lipinski definition) is 4. The van der Waals surface area contributed by atoms with Crippen LogP contribution < -0.4 is 16.0 Å². The maximum Gasteiger partial charge on any atom is 0.414 e. The topological polar surface area (TPSA) is 102 Å². The maximum absolute atomic E-state index is 14.7. The van der Waals surface area contributed by atoms with Crippen LogP contribution in [0.4, 0.5) is 14.9 Å². The average Bonchev–Trinajstić information content (AvgIpc) is 3.01. The SMILES string of the molecule is CC(=O)NC[C@H]1CN(c2ccc(-c3ccc(CC(N)=O)cc3)c(F)c2)C(=O)O1. The molecule has 2 aromatic rings. The van der Waals surface area contributed by atoms with E-state index in [9.17, 15) is 18.8 Å². The molecule has 3 rings (SSSR count). The number of amides is 3. The summed E-state index contributed by atoms with van der Waals surface area (Å²) in [5.74, 6) is -1.14. The zero-order valence-corrected chi connectivity index (χ0v) is 15.3. The predicted octanol–water partition coefficient (Wildman–Crippen LogP) is 1.98. The molecule has 8 heteroatoms. The van der Waals surface area contributed by atoms with Crippen LogP contribution in [0.2, 0.25) is 0 Å². The lowest BCUT2D eigenvalue weighted by atomic mass is 10.0. The number of carbonyl (C=O) groups excluding carboxylic acids is 3. The van der Waals surface area contributed by atoms with Gasteiger partial charge in [0.05, 0.1) is 25.2 Å². The number of carbonyl (C=O) groups is 3. The number of nitrogens with zero attached hydrogens (tertiary/aromatic N) is 1. The van der Waals surface area contributed by atoms with E-state index in [0.717, 1.165) is 5.56 Å². The quantitative estimate of drug-likeness (QED) is 0.794. The second-order valence-corrected chi connectivity index (χ2v) is 6.56. The van der Waals surface area contributed by atoms with Gasteiger partial charge in [-0.15, -0.1) is 0 Å². The third-order valence-electron chi connectivity index (χ3n) is 4.36. The van der Waals surface area contributed by atoms with E-state index in [1.807, 2.05) is 0 Å². The Bertz CT molecular complexity index is 914. The summed E-state index contributed by atoms with van der Waals surface area (Å²) >= 11 is 0. The summed E-state index contributed by atoms with van der Waals surface area (Å²) in [6.07, 6.45) is -0.950. The van der Waals surface area contributed by atoms with Crippen molar-refractivity contribution in [1.82, 2.24) is 5.32 Å². The summed E-state index contributed by atoms with van der Waals surface area (Å²) in [5.41, 5.74) is 7.31. The number of halogens is 1. The lowest BCUT2D eigenvalue weighted by Crippen LogP contribution is -2.33. The largest absolute Gasteiger partial charge is 0.442 e. The van der Waals surface area contributed by atoms with E-state index in [4.69, 9.17) is 10.5 Å². The van der Waals surface area contributed by atoms with Crippen molar-refractivity contribution in [2.24, 2.45) is 5.73 Å². The summed E-state index contributed by atoms with van der Waals surface area (Å²) in [5, 5.41) is 2.59. The molecule has 0 aromatic heterocycles. The first-order valence-corrected chi connectivity index (χ1v) is 8.73. The van der Waals surface area contributed by atoms with Gasteiger partial charge in [0, 0.05) is 12.5 Å². The molecule has 0 spiro atoms. The van der Waals surface area contributed by atoms with Gasteiger partial charge >= 0.3 is 6.09 Å². The fraction of sp³-hybridized carbons (Fsp3) is 0.250. The van der Waals surface area contributed by atoms with Crippen molar-refractivity contribution in [3.05, 3.63) is 53.8 Å². The first kappa shape index (κ1) is 19.3. The van der Waals surface area contributed by atoms with Crippen molar-refractivity contribution in [2.45, 2.75) is 19.4 Å². The lowest BCUT2D eigenvalue weighted by molar-refractivity contribution is -0.119.